The van der Waals surface area contributed by atoms with Gasteiger partial charge < -0.3 is 9.84 Å². The van der Waals surface area contributed by atoms with Crippen molar-refractivity contribution in [1.82, 2.24) is 0 Å². The predicted molar refractivity (Wildman–Crippen MR) is 54.2 cm³/mol. The van der Waals surface area contributed by atoms with Gasteiger partial charge in [0.2, 0.25) is 0 Å². The molecule has 0 aromatic carbocycles. The summed E-state index contributed by atoms with van der Waals surface area (Å²) in [6.07, 6.45) is 6.44. The fourth-order valence-electron chi connectivity index (χ4n) is 1.96. The first-order valence-corrected chi connectivity index (χ1v) is 5.52. The molecular formula is C11H20O3. The van der Waals surface area contributed by atoms with Gasteiger partial charge in [-0.15, -0.1) is 0 Å². The molecule has 0 amide bonds. The zero-order valence-electron chi connectivity index (χ0n) is 8.87. The van der Waals surface area contributed by atoms with E-state index in [1.807, 2.05) is 6.92 Å². The third-order valence-electron chi connectivity index (χ3n) is 2.80. The zero-order valence-corrected chi connectivity index (χ0v) is 8.87. The molecule has 0 aromatic rings. The predicted octanol–water partition coefficient (Wildman–Crippen LogP) is 2.45. The summed E-state index contributed by atoms with van der Waals surface area (Å²) in [4.78, 5) is 10.4. The van der Waals surface area contributed by atoms with Crippen LogP contribution >= 0.6 is 0 Å². The van der Waals surface area contributed by atoms with Gasteiger partial charge in [0.1, 0.15) is 0 Å². The van der Waals surface area contributed by atoms with Crippen molar-refractivity contribution in [2.75, 3.05) is 6.61 Å². The number of carboxylic acids is 1. The molecule has 0 radical (unpaired) electrons. The lowest BCUT2D eigenvalue weighted by Crippen LogP contribution is -2.20. The minimum atomic E-state index is -0.777. The fourth-order valence-corrected chi connectivity index (χ4v) is 1.96. The zero-order chi connectivity index (χ0) is 10.4. The lowest BCUT2D eigenvalue weighted by molar-refractivity contribution is -0.140. The van der Waals surface area contributed by atoms with Gasteiger partial charge in [-0.1, -0.05) is 19.3 Å². The summed E-state index contributed by atoms with van der Waals surface area (Å²) in [6, 6.07) is 0. The lowest BCUT2D eigenvalue weighted by Gasteiger charge is -2.22. The summed E-state index contributed by atoms with van der Waals surface area (Å²) in [5.74, 6) is -0.110. The van der Waals surface area contributed by atoms with E-state index in [0.29, 0.717) is 5.92 Å². The van der Waals surface area contributed by atoms with E-state index < -0.39 is 5.97 Å². The molecule has 0 bridgehead atoms. The molecule has 1 fully saturated rings. The molecule has 1 atom stereocenters. The van der Waals surface area contributed by atoms with E-state index in [4.69, 9.17) is 9.84 Å². The van der Waals surface area contributed by atoms with E-state index >= 15 is 0 Å². The Kier molecular flexibility index (Phi) is 4.94. The van der Waals surface area contributed by atoms with Crippen LogP contribution in [0.15, 0.2) is 0 Å². The van der Waals surface area contributed by atoms with Crippen molar-refractivity contribution in [1.29, 1.82) is 0 Å². The maximum Gasteiger partial charge on any atom is 0.305 e. The van der Waals surface area contributed by atoms with Crippen molar-refractivity contribution in [2.24, 2.45) is 5.92 Å². The Labute approximate surface area is 85.5 Å². The van der Waals surface area contributed by atoms with Crippen LogP contribution in [0.25, 0.3) is 0 Å². The summed E-state index contributed by atoms with van der Waals surface area (Å²) < 4.78 is 5.51. The highest BCUT2D eigenvalue weighted by Gasteiger charge is 2.15. The molecule has 0 heterocycles. The fraction of sp³-hybridized carbons (Fsp3) is 0.909. The minimum absolute atomic E-state index is 0.118. The number of aliphatic carboxylic acids is 1. The minimum Gasteiger partial charge on any atom is -0.481 e. The van der Waals surface area contributed by atoms with Crippen molar-refractivity contribution in [3.05, 3.63) is 0 Å². The Morgan fingerprint density at radius 2 is 2.07 bits per heavy atom. The van der Waals surface area contributed by atoms with Gasteiger partial charge in [0.05, 0.1) is 12.5 Å². The average molecular weight is 200 g/mol. The molecule has 0 aliphatic heterocycles. The van der Waals surface area contributed by atoms with Crippen LogP contribution in [0.2, 0.25) is 0 Å². The number of rotatable bonds is 5. The van der Waals surface area contributed by atoms with Crippen LogP contribution in [0.5, 0.6) is 0 Å². The van der Waals surface area contributed by atoms with E-state index in [-0.39, 0.29) is 12.5 Å². The van der Waals surface area contributed by atoms with Crippen LogP contribution < -0.4 is 0 Å². The monoisotopic (exact) mass is 200 g/mol. The van der Waals surface area contributed by atoms with Crippen LogP contribution in [-0.4, -0.2) is 23.8 Å². The first-order valence-electron chi connectivity index (χ1n) is 5.52. The third kappa shape index (κ3) is 4.61. The van der Waals surface area contributed by atoms with Crippen LogP contribution in [0.4, 0.5) is 0 Å². The maximum absolute atomic E-state index is 10.4. The van der Waals surface area contributed by atoms with Gasteiger partial charge in [0, 0.05) is 6.61 Å². The molecule has 1 N–H and O–H groups in total. The topological polar surface area (TPSA) is 46.5 Å². The van der Waals surface area contributed by atoms with Crippen molar-refractivity contribution in [3.63, 3.8) is 0 Å². The Hall–Kier alpha value is -0.570. The lowest BCUT2D eigenvalue weighted by atomic mass is 9.90. The first kappa shape index (κ1) is 11.5. The highest BCUT2D eigenvalue weighted by Crippen LogP contribution is 2.24. The Bertz CT molecular complexity index is 173. The van der Waals surface area contributed by atoms with Gasteiger partial charge in [-0.3, -0.25) is 4.79 Å². The number of hydrogen-bond donors (Lipinski definition) is 1. The van der Waals surface area contributed by atoms with Crippen LogP contribution in [0, 0.1) is 5.92 Å². The second-order valence-corrected chi connectivity index (χ2v) is 4.25. The molecule has 3 heteroatoms. The SMILES string of the molecule is C[C@@H](CC(=O)O)OCC1CCCCC1. The summed E-state index contributed by atoms with van der Waals surface area (Å²) >= 11 is 0. The Balaban J connectivity index is 2.09. The molecular weight excluding hydrogens is 180 g/mol. The average Bonchev–Trinajstić information content (AvgIpc) is 2.15. The summed E-state index contributed by atoms with van der Waals surface area (Å²) in [5, 5.41) is 8.54. The molecule has 0 spiro atoms. The van der Waals surface area contributed by atoms with E-state index in [9.17, 15) is 4.79 Å². The summed E-state index contributed by atoms with van der Waals surface area (Å²) in [5.41, 5.74) is 0. The summed E-state index contributed by atoms with van der Waals surface area (Å²) in [7, 11) is 0. The third-order valence-corrected chi connectivity index (χ3v) is 2.80. The highest BCUT2D eigenvalue weighted by atomic mass is 16.5. The highest BCUT2D eigenvalue weighted by molar-refractivity contribution is 5.67. The standard InChI is InChI=1S/C11H20O3/c1-9(7-11(12)13)14-8-10-5-3-2-4-6-10/h9-10H,2-8H2,1H3,(H,12,13)/t9-/m0/s1. The van der Waals surface area contributed by atoms with Gasteiger partial charge in [0.15, 0.2) is 0 Å². The van der Waals surface area contributed by atoms with Gasteiger partial charge in [-0.2, -0.15) is 0 Å². The second-order valence-electron chi connectivity index (χ2n) is 4.25. The van der Waals surface area contributed by atoms with Crippen LogP contribution in [0.3, 0.4) is 0 Å². The van der Waals surface area contributed by atoms with Gasteiger partial charge in [-0.05, 0) is 25.7 Å². The smallest absolute Gasteiger partial charge is 0.305 e. The Morgan fingerprint density at radius 3 is 2.64 bits per heavy atom. The van der Waals surface area contributed by atoms with Crippen molar-refractivity contribution in [3.8, 4) is 0 Å². The van der Waals surface area contributed by atoms with Gasteiger partial charge in [-0.25, -0.2) is 0 Å². The Morgan fingerprint density at radius 1 is 1.43 bits per heavy atom. The summed E-state index contributed by atoms with van der Waals surface area (Å²) in [6.45, 7) is 2.57. The molecule has 1 rings (SSSR count). The van der Waals surface area contributed by atoms with Crippen molar-refractivity contribution in [2.45, 2.75) is 51.6 Å². The number of hydrogen-bond acceptors (Lipinski definition) is 2. The maximum atomic E-state index is 10.4. The molecule has 3 nitrogen and oxygen atoms in total. The molecule has 1 aliphatic carbocycles. The van der Waals surface area contributed by atoms with E-state index in [1.165, 1.54) is 32.1 Å². The molecule has 82 valence electrons. The van der Waals surface area contributed by atoms with Gasteiger partial charge >= 0.3 is 5.97 Å². The molecule has 0 aromatic heterocycles. The number of ether oxygens (including phenoxy) is 1. The molecule has 0 unspecified atom stereocenters. The van der Waals surface area contributed by atoms with Gasteiger partial charge in [0.25, 0.3) is 0 Å². The van der Waals surface area contributed by atoms with E-state index in [0.717, 1.165) is 6.61 Å². The number of carbonyl (C=O) groups is 1. The first-order chi connectivity index (χ1) is 6.68. The molecule has 0 saturated heterocycles. The molecule has 1 aliphatic rings. The van der Waals surface area contributed by atoms with Crippen molar-refractivity contribution < 1.29 is 14.6 Å². The second kappa shape index (κ2) is 6.02. The molecule has 1 saturated carbocycles. The van der Waals surface area contributed by atoms with Crippen molar-refractivity contribution >= 4 is 5.97 Å². The van der Waals surface area contributed by atoms with Crippen LogP contribution in [-0.2, 0) is 9.53 Å². The quantitative estimate of drug-likeness (QED) is 0.741. The largest absolute Gasteiger partial charge is 0.481 e. The number of carboxylic acid groups (broad SMARTS) is 1. The normalized spacial score (nSPS) is 20.6. The van der Waals surface area contributed by atoms with E-state index in [1.54, 1.807) is 0 Å². The molecule has 14 heavy (non-hydrogen) atoms. The van der Waals surface area contributed by atoms with Crippen LogP contribution in [0.1, 0.15) is 45.4 Å². The van der Waals surface area contributed by atoms with E-state index in [2.05, 4.69) is 0 Å².